The van der Waals surface area contributed by atoms with Gasteiger partial charge in [-0.3, -0.25) is 14.3 Å². The molecule has 1 saturated carbocycles. The van der Waals surface area contributed by atoms with E-state index >= 15 is 0 Å². The molecular weight excluding hydrogens is 212 g/mol. The predicted octanol–water partition coefficient (Wildman–Crippen LogP) is -1.30. The fraction of sp³-hybridized carbons (Fsp3) is 0.600. The van der Waals surface area contributed by atoms with E-state index in [9.17, 15) is 9.59 Å². The first-order valence-corrected chi connectivity index (χ1v) is 5.20. The number of hydrogen-bond acceptors (Lipinski definition) is 4. The Morgan fingerprint density at radius 2 is 2.12 bits per heavy atom. The van der Waals surface area contributed by atoms with E-state index in [1.54, 1.807) is 0 Å². The minimum absolute atomic E-state index is 0.0137. The summed E-state index contributed by atoms with van der Waals surface area (Å²) in [6.07, 6.45) is 2.08. The Morgan fingerprint density at radius 1 is 1.38 bits per heavy atom. The van der Waals surface area contributed by atoms with E-state index in [-0.39, 0.29) is 31.1 Å². The van der Waals surface area contributed by atoms with Crippen LogP contribution in [0.3, 0.4) is 0 Å². The maximum Gasteiger partial charge on any atom is 0.328 e. The summed E-state index contributed by atoms with van der Waals surface area (Å²) < 4.78 is 1.41. The highest BCUT2D eigenvalue weighted by molar-refractivity contribution is 4.96. The van der Waals surface area contributed by atoms with Crippen LogP contribution in [-0.4, -0.2) is 33.0 Å². The summed E-state index contributed by atoms with van der Waals surface area (Å²) in [7, 11) is 0. The molecule has 16 heavy (non-hydrogen) atoms. The van der Waals surface area contributed by atoms with Crippen molar-refractivity contribution in [1.29, 1.82) is 0 Å². The molecule has 3 atom stereocenters. The highest BCUT2D eigenvalue weighted by atomic mass is 16.3. The third-order valence-electron chi connectivity index (χ3n) is 3.30. The predicted molar refractivity (Wildman–Crippen MR) is 56.1 cm³/mol. The number of aliphatic hydroxyl groups excluding tert-OH is 2. The number of nitrogens with zero attached hydrogens (tertiary/aromatic N) is 1. The summed E-state index contributed by atoms with van der Waals surface area (Å²) in [6, 6.07) is 1.15. The van der Waals surface area contributed by atoms with Crippen molar-refractivity contribution in [2.75, 3.05) is 13.2 Å². The topological polar surface area (TPSA) is 95.3 Å². The number of aromatic nitrogens is 2. The standard InChI is InChI=1S/C10H14N2O4/c13-4-6-3-8(7(6)5-14)12-2-1-9(15)11-10(12)16/h1-2,6-8,13-14H,3-5H2,(H,11,15,16)/t6-,7-,8+/m1/s1. The van der Waals surface area contributed by atoms with Crippen LogP contribution in [0.4, 0.5) is 0 Å². The van der Waals surface area contributed by atoms with Crippen LogP contribution in [0, 0.1) is 11.8 Å². The van der Waals surface area contributed by atoms with E-state index in [0.29, 0.717) is 6.42 Å². The average Bonchev–Trinajstić information content (AvgIpc) is 2.21. The van der Waals surface area contributed by atoms with Gasteiger partial charge in [-0.25, -0.2) is 4.79 Å². The van der Waals surface area contributed by atoms with Crippen molar-refractivity contribution in [3.8, 4) is 0 Å². The van der Waals surface area contributed by atoms with Crippen LogP contribution in [0.25, 0.3) is 0 Å². The first kappa shape index (κ1) is 11.1. The molecule has 3 N–H and O–H groups in total. The quantitative estimate of drug-likeness (QED) is 0.597. The maximum absolute atomic E-state index is 11.5. The van der Waals surface area contributed by atoms with E-state index in [1.807, 2.05) is 0 Å². The summed E-state index contributed by atoms with van der Waals surface area (Å²) in [5.74, 6) is -0.0811. The number of H-pyrrole nitrogens is 1. The van der Waals surface area contributed by atoms with Gasteiger partial charge in [0.25, 0.3) is 5.56 Å². The molecule has 0 aromatic carbocycles. The zero-order valence-electron chi connectivity index (χ0n) is 8.67. The Hall–Kier alpha value is -1.40. The van der Waals surface area contributed by atoms with Crippen LogP contribution in [0.2, 0.25) is 0 Å². The third-order valence-corrected chi connectivity index (χ3v) is 3.30. The van der Waals surface area contributed by atoms with Crippen molar-refractivity contribution < 1.29 is 10.2 Å². The van der Waals surface area contributed by atoms with Crippen molar-refractivity contribution in [1.82, 2.24) is 9.55 Å². The zero-order valence-corrected chi connectivity index (χ0v) is 8.67. The molecule has 1 aromatic heterocycles. The molecule has 1 aliphatic carbocycles. The molecule has 0 unspecified atom stereocenters. The van der Waals surface area contributed by atoms with Gasteiger partial charge in [-0.05, 0) is 12.3 Å². The lowest BCUT2D eigenvalue weighted by Gasteiger charge is -2.43. The average molecular weight is 226 g/mol. The molecule has 1 fully saturated rings. The SMILES string of the molecule is O=c1ccn([C@H]2C[C@H](CO)[C@H]2CO)c(=O)[nH]1. The first-order chi connectivity index (χ1) is 7.67. The second-order valence-electron chi connectivity index (χ2n) is 4.11. The van der Waals surface area contributed by atoms with Crippen LogP contribution in [0.15, 0.2) is 21.9 Å². The van der Waals surface area contributed by atoms with Crippen molar-refractivity contribution in [3.63, 3.8) is 0 Å². The van der Waals surface area contributed by atoms with E-state index in [2.05, 4.69) is 4.98 Å². The lowest BCUT2D eigenvalue weighted by molar-refractivity contribution is -0.00874. The summed E-state index contributed by atoms with van der Waals surface area (Å²) in [5, 5.41) is 18.2. The molecule has 0 saturated heterocycles. The highest BCUT2D eigenvalue weighted by Gasteiger charge is 2.41. The molecule has 6 heteroatoms. The van der Waals surface area contributed by atoms with Crippen LogP contribution in [-0.2, 0) is 0 Å². The number of aliphatic hydroxyl groups is 2. The van der Waals surface area contributed by atoms with Crippen molar-refractivity contribution in [2.24, 2.45) is 11.8 Å². The molecule has 1 aliphatic rings. The van der Waals surface area contributed by atoms with Crippen molar-refractivity contribution >= 4 is 0 Å². The van der Waals surface area contributed by atoms with Gasteiger partial charge in [-0.1, -0.05) is 0 Å². The summed E-state index contributed by atoms with van der Waals surface area (Å²) in [4.78, 5) is 24.6. The Balaban J connectivity index is 2.26. The van der Waals surface area contributed by atoms with Crippen molar-refractivity contribution in [3.05, 3.63) is 33.1 Å². The van der Waals surface area contributed by atoms with Gasteiger partial charge < -0.3 is 10.2 Å². The fourth-order valence-corrected chi connectivity index (χ4v) is 2.27. The van der Waals surface area contributed by atoms with Gasteiger partial charge in [0.15, 0.2) is 0 Å². The largest absolute Gasteiger partial charge is 0.396 e. The van der Waals surface area contributed by atoms with E-state index in [1.165, 1.54) is 16.8 Å². The minimum Gasteiger partial charge on any atom is -0.396 e. The molecule has 0 amide bonds. The molecule has 1 aromatic rings. The van der Waals surface area contributed by atoms with E-state index < -0.39 is 11.2 Å². The van der Waals surface area contributed by atoms with Crippen LogP contribution in [0.5, 0.6) is 0 Å². The second kappa shape index (κ2) is 4.23. The Morgan fingerprint density at radius 3 is 2.69 bits per heavy atom. The Kier molecular flexibility index (Phi) is 2.93. The molecule has 88 valence electrons. The summed E-state index contributed by atoms with van der Waals surface area (Å²) in [6.45, 7) is -0.0543. The molecule has 6 nitrogen and oxygen atoms in total. The van der Waals surface area contributed by atoms with E-state index in [0.717, 1.165) is 0 Å². The first-order valence-electron chi connectivity index (χ1n) is 5.20. The van der Waals surface area contributed by atoms with Crippen molar-refractivity contribution in [2.45, 2.75) is 12.5 Å². The van der Waals surface area contributed by atoms with Gasteiger partial charge in [0.1, 0.15) is 0 Å². The number of hydrogen-bond donors (Lipinski definition) is 3. The van der Waals surface area contributed by atoms with Gasteiger partial charge in [0, 0.05) is 37.4 Å². The number of aromatic amines is 1. The number of nitrogens with one attached hydrogen (secondary N) is 1. The minimum atomic E-state index is -0.465. The maximum atomic E-state index is 11.5. The number of rotatable bonds is 3. The smallest absolute Gasteiger partial charge is 0.328 e. The lowest BCUT2D eigenvalue weighted by Crippen LogP contribution is -2.46. The molecule has 1 heterocycles. The summed E-state index contributed by atoms with van der Waals surface area (Å²) >= 11 is 0. The molecule has 2 rings (SSSR count). The van der Waals surface area contributed by atoms with E-state index in [4.69, 9.17) is 10.2 Å². The zero-order chi connectivity index (χ0) is 11.7. The normalized spacial score (nSPS) is 28.8. The van der Waals surface area contributed by atoms with Gasteiger partial charge in [-0.15, -0.1) is 0 Å². The monoisotopic (exact) mass is 226 g/mol. The van der Waals surface area contributed by atoms with Crippen LogP contribution in [0.1, 0.15) is 12.5 Å². The Bertz CT molecular complexity index is 478. The Labute approximate surface area is 91.2 Å². The van der Waals surface area contributed by atoms with Gasteiger partial charge in [0.2, 0.25) is 0 Å². The highest BCUT2D eigenvalue weighted by Crippen LogP contribution is 2.42. The fourth-order valence-electron chi connectivity index (χ4n) is 2.27. The van der Waals surface area contributed by atoms with Gasteiger partial charge >= 0.3 is 5.69 Å². The van der Waals surface area contributed by atoms with Gasteiger partial charge in [0.05, 0.1) is 0 Å². The molecule has 0 aliphatic heterocycles. The summed E-state index contributed by atoms with van der Waals surface area (Å²) in [5.41, 5.74) is -0.896. The van der Waals surface area contributed by atoms with Crippen LogP contribution < -0.4 is 11.2 Å². The third kappa shape index (κ3) is 1.70. The molecule has 0 bridgehead atoms. The lowest BCUT2D eigenvalue weighted by atomic mass is 9.70. The molecule has 0 radical (unpaired) electrons. The van der Waals surface area contributed by atoms with Gasteiger partial charge in [-0.2, -0.15) is 0 Å². The molecule has 0 spiro atoms. The second-order valence-corrected chi connectivity index (χ2v) is 4.11. The van der Waals surface area contributed by atoms with Crippen LogP contribution >= 0.6 is 0 Å². The molecular formula is C10H14N2O4.